The van der Waals surface area contributed by atoms with Crippen molar-refractivity contribution in [3.05, 3.63) is 34.0 Å². The number of carboxylic acid groups (broad SMARTS) is 1. The number of aromatic carboxylic acids is 1. The third-order valence-corrected chi connectivity index (χ3v) is 1.89. The first kappa shape index (κ1) is 12.4. The molecule has 0 spiro atoms. The molecule has 2 N–H and O–H groups in total. The van der Waals surface area contributed by atoms with Gasteiger partial charge >= 0.3 is 5.97 Å². The number of benzene rings is 1. The van der Waals surface area contributed by atoms with E-state index in [-0.39, 0.29) is 55.3 Å². The third kappa shape index (κ3) is 3.04. The van der Waals surface area contributed by atoms with Crippen LogP contribution < -0.4 is 0 Å². The Morgan fingerprint density at radius 1 is 1.50 bits per heavy atom. The predicted molar refractivity (Wildman–Crippen MR) is 45.1 cm³/mol. The first-order chi connectivity index (χ1) is 5.11. The molecule has 0 saturated carbocycles. The monoisotopic (exact) mass is 441 g/mol. The second-order valence-electron chi connectivity index (χ2n) is 2.00. The summed E-state index contributed by atoms with van der Waals surface area (Å²) in [7, 11) is 0. The Morgan fingerprint density at radius 3 is 2.50 bits per heavy atom. The Bertz CT molecular complexity index is 303. The number of hydrogen-bond acceptors (Lipinski definition) is 1. The number of halogens is 1. The molecule has 0 aliphatic rings. The van der Waals surface area contributed by atoms with Crippen LogP contribution in [0.3, 0.4) is 0 Å². The number of nitrogens with one attached hydrogen (secondary N) is 1. The Balaban J connectivity index is 0.00000121. The first-order valence-electron chi connectivity index (χ1n) is 2.85. The van der Waals surface area contributed by atoms with Crippen molar-refractivity contribution in [2.75, 3.05) is 0 Å². The fourth-order valence-corrected chi connectivity index (χ4v) is 1.11. The van der Waals surface area contributed by atoms with E-state index in [0.29, 0.717) is 4.47 Å². The summed E-state index contributed by atoms with van der Waals surface area (Å²) < 4.78 is 0.501. The van der Waals surface area contributed by atoms with Gasteiger partial charge in [0.2, 0.25) is 0 Å². The fraction of sp³-hybridized carbons (Fsp3) is 0. The summed E-state index contributed by atoms with van der Waals surface area (Å²) in [6.45, 7) is 0. The molecule has 12 heavy (non-hydrogen) atoms. The summed E-state index contributed by atoms with van der Waals surface area (Å²) in [5, 5.41) is 8.58. The van der Waals surface area contributed by atoms with Gasteiger partial charge in [-0.1, -0.05) is 12.1 Å². The predicted octanol–water partition coefficient (Wildman–Crippen LogP) is 2.83. The minimum Gasteiger partial charge on any atom is -0.699 e. The maximum Gasteiger partial charge on any atom is 0.336 e. The molecule has 0 amide bonds. The van der Waals surface area contributed by atoms with Crippen molar-refractivity contribution in [3.8, 4) is 0 Å². The van der Waals surface area contributed by atoms with Crippen molar-refractivity contribution in [2.24, 2.45) is 0 Å². The molecular formula is C7H5AcBrNO2-. The van der Waals surface area contributed by atoms with E-state index >= 15 is 0 Å². The number of rotatable bonds is 1. The van der Waals surface area contributed by atoms with Crippen LogP contribution in [0.4, 0.5) is 5.69 Å². The van der Waals surface area contributed by atoms with Crippen LogP contribution in [0.25, 0.3) is 5.73 Å². The summed E-state index contributed by atoms with van der Waals surface area (Å²) in [6.07, 6.45) is 0. The summed E-state index contributed by atoms with van der Waals surface area (Å²) in [5.74, 6) is -1.02. The van der Waals surface area contributed by atoms with Crippen molar-refractivity contribution >= 4 is 27.6 Å². The molecular weight excluding hydrogens is 437 g/mol. The molecule has 1 rings (SSSR count). The molecule has 1 radical (unpaired) electrons. The third-order valence-electron chi connectivity index (χ3n) is 1.20. The van der Waals surface area contributed by atoms with Gasteiger partial charge < -0.3 is 10.8 Å². The Labute approximate surface area is 114 Å². The van der Waals surface area contributed by atoms with Gasteiger partial charge in [-0.15, -0.1) is 5.69 Å². The number of carbonyl (C=O) groups is 1. The molecule has 3 nitrogen and oxygen atoms in total. The van der Waals surface area contributed by atoms with Crippen LogP contribution in [-0.2, 0) is 0 Å². The summed E-state index contributed by atoms with van der Waals surface area (Å²) >= 11 is 3.07. The topological polar surface area (TPSA) is 61.1 Å². The molecule has 1 aromatic rings. The standard InChI is InChI=1S/C7H5BrNO2.Ac/c8-6-2-1-4(9)3-5(6)7(10)11;/h1-3,9H,(H,10,11);/q-1;. The van der Waals surface area contributed by atoms with E-state index in [4.69, 9.17) is 10.8 Å². The van der Waals surface area contributed by atoms with Gasteiger partial charge in [-0.05, 0) is 22.0 Å². The van der Waals surface area contributed by atoms with Crippen molar-refractivity contribution in [1.29, 1.82) is 0 Å². The molecule has 0 aliphatic heterocycles. The Morgan fingerprint density at radius 2 is 2.08 bits per heavy atom. The molecule has 0 bridgehead atoms. The Hall–Kier alpha value is 0.412. The molecule has 1 aromatic carbocycles. The van der Waals surface area contributed by atoms with Gasteiger partial charge in [0.05, 0.1) is 5.56 Å². The van der Waals surface area contributed by atoms with Crippen LogP contribution in [0.5, 0.6) is 0 Å². The smallest absolute Gasteiger partial charge is 0.336 e. The zero-order valence-electron chi connectivity index (χ0n) is 6.04. The molecule has 0 fully saturated rings. The van der Waals surface area contributed by atoms with Crippen LogP contribution >= 0.6 is 15.9 Å². The molecule has 0 unspecified atom stereocenters. The average molecular weight is 442 g/mol. The quantitative estimate of drug-likeness (QED) is 0.728. The summed E-state index contributed by atoms with van der Waals surface area (Å²) in [5.41, 5.74) is 7.46. The van der Waals surface area contributed by atoms with Gasteiger partial charge in [-0.3, -0.25) is 0 Å². The number of carboxylic acids is 1. The largest absolute Gasteiger partial charge is 0.699 e. The molecule has 0 saturated heterocycles. The maximum absolute atomic E-state index is 10.5. The van der Waals surface area contributed by atoms with Gasteiger partial charge in [-0.2, -0.15) is 0 Å². The minimum atomic E-state index is -1.02. The minimum absolute atomic E-state index is 0. The zero-order valence-corrected chi connectivity index (χ0v) is 12.4. The van der Waals surface area contributed by atoms with Crippen molar-refractivity contribution < 1.29 is 54.0 Å². The summed E-state index contributed by atoms with van der Waals surface area (Å²) in [6, 6.07) is 4.37. The van der Waals surface area contributed by atoms with Gasteiger partial charge in [0.25, 0.3) is 0 Å². The van der Waals surface area contributed by atoms with E-state index in [2.05, 4.69) is 15.9 Å². The molecule has 5 heteroatoms. The fourth-order valence-electron chi connectivity index (χ4n) is 0.689. The van der Waals surface area contributed by atoms with Gasteiger partial charge in [0.15, 0.2) is 0 Å². The molecule has 61 valence electrons. The van der Waals surface area contributed by atoms with Crippen LogP contribution in [-0.4, -0.2) is 11.1 Å². The van der Waals surface area contributed by atoms with E-state index in [1.807, 2.05) is 0 Å². The molecule has 0 heterocycles. The van der Waals surface area contributed by atoms with Crippen molar-refractivity contribution in [3.63, 3.8) is 0 Å². The van der Waals surface area contributed by atoms with Gasteiger partial charge in [0.1, 0.15) is 0 Å². The van der Waals surface area contributed by atoms with E-state index < -0.39 is 5.97 Å². The van der Waals surface area contributed by atoms with E-state index in [1.165, 1.54) is 12.1 Å². The van der Waals surface area contributed by atoms with Crippen molar-refractivity contribution in [2.45, 2.75) is 0 Å². The normalized spacial score (nSPS) is 8.75. The zero-order chi connectivity index (χ0) is 8.43. The van der Waals surface area contributed by atoms with Crippen LogP contribution in [0.1, 0.15) is 10.4 Å². The second-order valence-corrected chi connectivity index (χ2v) is 2.85. The van der Waals surface area contributed by atoms with Crippen LogP contribution in [0, 0.1) is 44.1 Å². The first-order valence-corrected chi connectivity index (χ1v) is 3.65. The second kappa shape index (κ2) is 5.21. The van der Waals surface area contributed by atoms with Gasteiger partial charge in [-0.25, -0.2) is 4.79 Å². The molecule has 0 aromatic heterocycles. The van der Waals surface area contributed by atoms with Crippen LogP contribution in [0.2, 0.25) is 0 Å². The SMILES string of the molecule is [Ac].[NH-]c1ccc(Br)c(C(=O)O)c1. The van der Waals surface area contributed by atoms with Crippen LogP contribution in [0.15, 0.2) is 22.7 Å². The van der Waals surface area contributed by atoms with E-state index in [9.17, 15) is 4.79 Å². The number of hydrogen-bond donors (Lipinski definition) is 1. The molecule has 0 aliphatic carbocycles. The van der Waals surface area contributed by atoms with E-state index in [0.717, 1.165) is 0 Å². The van der Waals surface area contributed by atoms with E-state index in [1.54, 1.807) is 6.07 Å². The summed E-state index contributed by atoms with van der Waals surface area (Å²) in [4.78, 5) is 10.5. The van der Waals surface area contributed by atoms with Crippen molar-refractivity contribution in [1.82, 2.24) is 0 Å². The maximum atomic E-state index is 10.5. The van der Waals surface area contributed by atoms with Gasteiger partial charge in [0, 0.05) is 48.5 Å². The average Bonchev–Trinajstić information content (AvgIpc) is 1.94. The Kier molecular flexibility index (Phi) is 5.39. The molecule has 0 atom stereocenters.